The van der Waals surface area contributed by atoms with Crippen LogP contribution in [0.1, 0.15) is 11.1 Å². The van der Waals surface area contributed by atoms with E-state index in [1.165, 1.54) is 0 Å². The van der Waals surface area contributed by atoms with Crippen molar-refractivity contribution in [3.8, 4) is 27.8 Å². The third kappa shape index (κ3) is 2.28. The molecule has 1 aromatic carbocycles. The molecule has 2 heterocycles. The van der Waals surface area contributed by atoms with Crippen molar-refractivity contribution in [3.05, 3.63) is 59.0 Å². The van der Waals surface area contributed by atoms with E-state index in [1.54, 1.807) is 11.3 Å². The Hall–Kier alpha value is -2.64. The van der Waals surface area contributed by atoms with E-state index < -0.39 is 0 Å². The van der Waals surface area contributed by atoms with Crippen LogP contribution in [0.3, 0.4) is 0 Å². The lowest BCUT2D eigenvalue weighted by atomic mass is 9.97. The Balaban J connectivity index is 2.34. The highest BCUT2D eigenvalue weighted by molar-refractivity contribution is 7.13. The molecule has 3 nitrogen and oxygen atoms in total. The zero-order valence-electron chi connectivity index (χ0n) is 11.6. The Bertz CT molecular complexity index is 815. The van der Waals surface area contributed by atoms with Gasteiger partial charge in [-0.3, -0.25) is 5.73 Å². The zero-order valence-corrected chi connectivity index (χ0v) is 12.4. The van der Waals surface area contributed by atoms with Gasteiger partial charge in [0.05, 0.1) is 0 Å². The van der Waals surface area contributed by atoms with Gasteiger partial charge >= 0.3 is 0 Å². The van der Waals surface area contributed by atoms with E-state index in [2.05, 4.69) is 11.1 Å². The van der Waals surface area contributed by atoms with Crippen LogP contribution in [0.4, 0.5) is 5.82 Å². The summed E-state index contributed by atoms with van der Waals surface area (Å²) in [5, 5.41) is 11.4. The standard InChI is InChI=1S/C17H13N3S/c1-11-15(14-8-5-9-21-14)13(10-18)17(19)20-16(11)12-6-3-2-4-7-12/h2-9H,1H3,(H2,19,20)/p+1. The van der Waals surface area contributed by atoms with Crippen LogP contribution in [-0.2, 0) is 0 Å². The number of rotatable bonds is 2. The number of nitrogens with zero attached hydrogens (tertiary/aromatic N) is 1. The Morgan fingerprint density at radius 2 is 1.90 bits per heavy atom. The van der Waals surface area contributed by atoms with Crippen molar-refractivity contribution >= 4 is 17.2 Å². The highest BCUT2D eigenvalue weighted by atomic mass is 32.1. The number of H-pyrrole nitrogens is 1. The fourth-order valence-electron chi connectivity index (χ4n) is 2.48. The number of anilines is 1. The monoisotopic (exact) mass is 292 g/mol. The first-order valence-electron chi connectivity index (χ1n) is 6.57. The maximum atomic E-state index is 9.44. The number of benzene rings is 1. The smallest absolute Gasteiger partial charge is 0.286 e. The number of nitrogens with two attached hydrogens (primary N) is 1. The van der Waals surface area contributed by atoms with Gasteiger partial charge in [-0.25, -0.2) is 4.98 Å². The Morgan fingerprint density at radius 3 is 2.52 bits per heavy atom. The van der Waals surface area contributed by atoms with Gasteiger partial charge in [-0.15, -0.1) is 11.3 Å². The molecule has 0 aliphatic carbocycles. The molecule has 0 aliphatic heterocycles. The van der Waals surface area contributed by atoms with Crippen LogP contribution in [0.2, 0.25) is 0 Å². The second-order valence-electron chi connectivity index (χ2n) is 4.74. The number of nitrogen functional groups attached to an aromatic ring is 1. The molecule has 0 amide bonds. The number of aromatic nitrogens is 1. The van der Waals surface area contributed by atoms with Gasteiger partial charge in [-0.05, 0) is 18.4 Å². The second kappa shape index (κ2) is 5.39. The molecule has 102 valence electrons. The summed E-state index contributed by atoms with van der Waals surface area (Å²) in [6.45, 7) is 2.02. The molecule has 0 saturated carbocycles. The average Bonchev–Trinajstić information content (AvgIpc) is 3.03. The van der Waals surface area contributed by atoms with Gasteiger partial charge < -0.3 is 0 Å². The van der Waals surface area contributed by atoms with Crippen molar-refractivity contribution in [1.29, 1.82) is 5.26 Å². The van der Waals surface area contributed by atoms with Crippen molar-refractivity contribution in [2.24, 2.45) is 0 Å². The molecular weight excluding hydrogens is 278 g/mol. The largest absolute Gasteiger partial charge is 0.289 e. The van der Waals surface area contributed by atoms with Crippen LogP contribution >= 0.6 is 11.3 Å². The fourth-order valence-corrected chi connectivity index (χ4v) is 3.31. The van der Waals surface area contributed by atoms with Gasteiger partial charge in [0, 0.05) is 21.6 Å². The van der Waals surface area contributed by atoms with E-state index >= 15 is 0 Å². The first-order valence-corrected chi connectivity index (χ1v) is 7.45. The lowest BCUT2D eigenvalue weighted by Crippen LogP contribution is -2.18. The summed E-state index contributed by atoms with van der Waals surface area (Å²) in [5.41, 5.74) is 10.5. The number of hydrogen-bond acceptors (Lipinski definition) is 3. The topological polar surface area (TPSA) is 63.9 Å². The van der Waals surface area contributed by atoms with E-state index in [-0.39, 0.29) is 0 Å². The van der Waals surface area contributed by atoms with Crippen LogP contribution < -0.4 is 10.7 Å². The number of aromatic amines is 1. The molecule has 0 aliphatic rings. The van der Waals surface area contributed by atoms with Crippen LogP contribution in [-0.4, -0.2) is 0 Å². The van der Waals surface area contributed by atoms with Crippen molar-refractivity contribution in [3.63, 3.8) is 0 Å². The lowest BCUT2D eigenvalue weighted by Gasteiger charge is -2.10. The van der Waals surface area contributed by atoms with Crippen LogP contribution in [0.25, 0.3) is 21.7 Å². The maximum absolute atomic E-state index is 9.44. The van der Waals surface area contributed by atoms with Crippen LogP contribution in [0, 0.1) is 18.3 Å². The van der Waals surface area contributed by atoms with Gasteiger partial charge in [0.15, 0.2) is 0 Å². The first-order chi connectivity index (χ1) is 10.2. The highest BCUT2D eigenvalue weighted by Crippen LogP contribution is 2.35. The van der Waals surface area contributed by atoms with Crippen molar-refractivity contribution < 1.29 is 4.98 Å². The van der Waals surface area contributed by atoms with E-state index in [0.29, 0.717) is 11.4 Å². The van der Waals surface area contributed by atoms with E-state index in [0.717, 1.165) is 27.3 Å². The highest BCUT2D eigenvalue weighted by Gasteiger charge is 2.21. The minimum Gasteiger partial charge on any atom is -0.286 e. The quantitative estimate of drug-likeness (QED) is 0.783. The maximum Gasteiger partial charge on any atom is 0.289 e. The first kappa shape index (κ1) is 13.3. The molecule has 3 N–H and O–H groups in total. The number of hydrogen-bond donors (Lipinski definition) is 1. The van der Waals surface area contributed by atoms with Gasteiger partial charge in [0.25, 0.3) is 5.82 Å². The van der Waals surface area contributed by atoms with Gasteiger partial charge in [0.1, 0.15) is 17.3 Å². The lowest BCUT2D eigenvalue weighted by molar-refractivity contribution is -0.347. The molecule has 0 fully saturated rings. The van der Waals surface area contributed by atoms with Gasteiger partial charge in [-0.2, -0.15) is 5.26 Å². The Kier molecular flexibility index (Phi) is 3.43. The molecule has 4 heteroatoms. The van der Waals surface area contributed by atoms with Crippen molar-refractivity contribution in [1.82, 2.24) is 0 Å². The summed E-state index contributed by atoms with van der Waals surface area (Å²) in [6.07, 6.45) is 0. The Morgan fingerprint density at radius 1 is 1.14 bits per heavy atom. The summed E-state index contributed by atoms with van der Waals surface area (Å²) < 4.78 is 0. The molecule has 3 aromatic rings. The number of nitriles is 1. The molecule has 0 spiro atoms. The van der Waals surface area contributed by atoms with E-state index in [4.69, 9.17) is 5.73 Å². The molecule has 0 unspecified atom stereocenters. The predicted octanol–water partition coefficient (Wildman–Crippen LogP) is 3.66. The normalized spacial score (nSPS) is 10.3. The Labute approximate surface area is 127 Å². The summed E-state index contributed by atoms with van der Waals surface area (Å²) in [4.78, 5) is 4.23. The number of thiophene rings is 1. The number of nitrogens with one attached hydrogen (secondary N) is 1. The molecule has 0 saturated heterocycles. The molecule has 3 rings (SSSR count). The van der Waals surface area contributed by atoms with E-state index in [1.807, 2.05) is 54.8 Å². The fraction of sp³-hybridized carbons (Fsp3) is 0.0588. The third-order valence-electron chi connectivity index (χ3n) is 3.47. The van der Waals surface area contributed by atoms with Crippen LogP contribution in [0.5, 0.6) is 0 Å². The summed E-state index contributed by atoms with van der Waals surface area (Å²) in [7, 11) is 0. The van der Waals surface area contributed by atoms with Crippen molar-refractivity contribution in [2.45, 2.75) is 6.92 Å². The molecule has 21 heavy (non-hydrogen) atoms. The molecule has 0 bridgehead atoms. The average molecular weight is 292 g/mol. The van der Waals surface area contributed by atoms with Gasteiger partial charge in [-0.1, -0.05) is 36.4 Å². The summed E-state index contributed by atoms with van der Waals surface area (Å²) in [5.74, 6) is 0.408. The molecular formula is C17H14N3S+. The minimum atomic E-state index is 0.408. The van der Waals surface area contributed by atoms with Crippen LogP contribution in [0.15, 0.2) is 47.8 Å². The predicted molar refractivity (Wildman–Crippen MR) is 85.6 cm³/mol. The summed E-state index contributed by atoms with van der Waals surface area (Å²) >= 11 is 1.61. The minimum absolute atomic E-state index is 0.408. The molecule has 2 aromatic heterocycles. The number of pyridine rings is 1. The van der Waals surface area contributed by atoms with E-state index in [9.17, 15) is 5.26 Å². The SMILES string of the molecule is Cc1c(-c2ccccc2)[nH+]c(N)c(C#N)c1-c1cccs1. The zero-order chi connectivity index (χ0) is 14.8. The van der Waals surface area contributed by atoms with Crippen molar-refractivity contribution in [2.75, 3.05) is 5.73 Å². The molecule has 0 radical (unpaired) electrons. The second-order valence-corrected chi connectivity index (χ2v) is 5.69. The molecule has 0 atom stereocenters. The summed E-state index contributed by atoms with van der Waals surface area (Å²) in [6, 6.07) is 16.2. The van der Waals surface area contributed by atoms with Gasteiger partial charge in [0.2, 0.25) is 0 Å². The third-order valence-corrected chi connectivity index (χ3v) is 4.36.